The lowest BCUT2D eigenvalue weighted by Crippen LogP contribution is -2.33. The molecule has 8 heteroatoms. The number of nitrogens with one attached hydrogen (secondary N) is 3. The number of aromatic nitrogens is 1. The van der Waals surface area contributed by atoms with Crippen molar-refractivity contribution in [3.63, 3.8) is 0 Å². The highest BCUT2D eigenvalue weighted by molar-refractivity contribution is 7.91. The van der Waals surface area contributed by atoms with Gasteiger partial charge < -0.3 is 20.4 Å². The van der Waals surface area contributed by atoms with Crippen LogP contribution < -0.4 is 15.4 Å². The minimum Gasteiger partial charge on any atom is -0.492 e. The Morgan fingerprint density at radius 2 is 1.82 bits per heavy atom. The maximum Gasteiger partial charge on any atom is 0.319 e. The van der Waals surface area contributed by atoms with Gasteiger partial charge in [-0.15, -0.1) is 0 Å². The third kappa shape index (κ3) is 4.28. The number of aromatic amines is 1. The van der Waals surface area contributed by atoms with Crippen LogP contribution in [0.5, 0.6) is 5.75 Å². The van der Waals surface area contributed by atoms with Crippen molar-refractivity contribution in [3.05, 3.63) is 54.2 Å². The number of ether oxygens (including phenoxy) is 1. The van der Waals surface area contributed by atoms with E-state index in [2.05, 4.69) is 15.6 Å². The summed E-state index contributed by atoms with van der Waals surface area (Å²) in [5.41, 5.74) is 1.89. The van der Waals surface area contributed by atoms with Gasteiger partial charge in [0.15, 0.2) is 9.84 Å². The van der Waals surface area contributed by atoms with E-state index >= 15 is 0 Å². The van der Waals surface area contributed by atoms with Gasteiger partial charge in [0.25, 0.3) is 0 Å². The van der Waals surface area contributed by atoms with E-state index in [1.807, 2.05) is 25.1 Å². The van der Waals surface area contributed by atoms with Crippen molar-refractivity contribution in [2.75, 3.05) is 24.2 Å². The van der Waals surface area contributed by atoms with E-state index in [0.717, 1.165) is 5.52 Å². The van der Waals surface area contributed by atoms with Gasteiger partial charge in [-0.2, -0.15) is 0 Å². The lowest BCUT2D eigenvalue weighted by atomic mass is 10.2. The predicted octanol–water partition coefficient (Wildman–Crippen LogP) is 3.47. The molecule has 0 aliphatic carbocycles. The van der Waals surface area contributed by atoms with E-state index in [0.29, 0.717) is 29.1 Å². The molecule has 0 spiro atoms. The molecule has 0 fully saturated rings. The van der Waals surface area contributed by atoms with Crippen molar-refractivity contribution in [1.82, 2.24) is 10.3 Å². The van der Waals surface area contributed by atoms with Crippen LogP contribution in [0.3, 0.4) is 0 Å². The zero-order valence-corrected chi connectivity index (χ0v) is 16.6. The normalized spacial score (nSPS) is 11.4. The maximum absolute atomic E-state index is 12.8. The minimum absolute atomic E-state index is 0.0100. The lowest BCUT2D eigenvalue weighted by molar-refractivity contribution is 0.252. The molecule has 1 heterocycles. The number of sulfone groups is 1. The Hall–Kier alpha value is -3.00. The van der Waals surface area contributed by atoms with Gasteiger partial charge in [0.1, 0.15) is 5.75 Å². The number of fused-ring (bicyclic) bond motifs is 1. The number of rotatable bonds is 7. The van der Waals surface area contributed by atoms with Gasteiger partial charge in [0.2, 0.25) is 0 Å². The van der Waals surface area contributed by atoms with E-state index in [-0.39, 0.29) is 17.2 Å². The zero-order chi connectivity index (χ0) is 20.1. The fourth-order valence-corrected chi connectivity index (χ4v) is 4.68. The molecule has 2 aromatic carbocycles. The first-order valence-electron chi connectivity index (χ1n) is 8.99. The average Bonchev–Trinajstić information content (AvgIpc) is 3.00. The Kier molecular flexibility index (Phi) is 5.89. The van der Waals surface area contributed by atoms with Gasteiger partial charge in [-0.1, -0.05) is 30.3 Å². The highest BCUT2D eigenvalue weighted by atomic mass is 32.2. The summed E-state index contributed by atoms with van der Waals surface area (Å²) >= 11 is 0. The van der Waals surface area contributed by atoms with Crippen LogP contribution in [0.1, 0.15) is 12.6 Å². The van der Waals surface area contributed by atoms with E-state index in [4.69, 9.17) is 4.74 Å². The molecule has 2 amide bonds. The highest BCUT2D eigenvalue weighted by Crippen LogP contribution is 2.27. The number of urea groups is 1. The second-order valence-electron chi connectivity index (χ2n) is 6.25. The maximum atomic E-state index is 12.8. The number of anilines is 1. The molecular formula is C20H23N3O4S. The summed E-state index contributed by atoms with van der Waals surface area (Å²) in [4.78, 5) is 15.5. The first-order chi connectivity index (χ1) is 13.4. The molecule has 7 nitrogen and oxygen atoms in total. The Balaban J connectivity index is 1.64. The molecule has 28 heavy (non-hydrogen) atoms. The molecule has 0 saturated carbocycles. The summed E-state index contributed by atoms with van der Waals surface area (Å²) in [6.45, 7) is 4.05. The zero-order valence-electron chi connectivity index (χ0n) is 15.8. The van der Waals surface area contributed by atoms with Crippen LogP contribution in [0.4, 0.5) is 10.5 Å². The minimum atomic E-state index is -3.56. The lowest BCUT2D eigenvalue weighted by Gasteiger charge is -2.12. The largest absolute Gasteiger partial charge is 0.492 e. The van der Waals surface area contributed by atoms with Crippen molar-refractivity contribution in [3.8, 4) is 5.75 Å². The molecule has 0 saturated heterocycles. The van der Waals surface area contributed by atoms with Crippen molar-refractivity contribution in [1.29, 1.82) is 0 Å². The quantitative estimate of drug-likeness (QED) is 0.564. The first kappa shape index (κ1) is 19.8. The molecule has 0 radical (unpaired) electrons. The van der Waals surface area contributed by atoms with Gasteiger partial charge in [-0.05, 0) is 32.0 Å². The first-order valence-corrected chi connectivity index (χ1v) is 10.6. The van der Waals surface area contributed by atoms with Crippen LogP contribution in [0, 0.1) is 6.92 Å². The highest BCUT2D eigenvalue weighted by Gasteiger charge is 2.22. The van der Waals surface area contributed by atoms with Crippen LogP contribution in [0.15, 0.2) is 53.4 Å². The van der Waals surface area contributed by atoms with E-state index in [1.54, 1.807) is 37.3 Å². The van der Waals surface area contributed by atoms with Gasteiger partial charge in [0, 0.05) is 23.1 Å². The monoisotopic (exact) mass is 401 g/mol. The molecule has 0 atom stereocenters. The Morgan fingerprint density at radius 1 is 1.11 bits per heavy atom. The third-order valence-corrected chi connectivity index (χ3v) is 6.13. The summed E-state index contributed by atoms with van der Waals surface area (Å²) in [5, 5.41) is 5.93. The number of para-hydroxylation sites is 3. The van der Waals surface area contributed by atoms with Crippen LogP contribution in [-0.4, -0.2) is 38.3 Å². The molecule has 0 unspecified atom stereocenters. The topological polar surface area (TPSA) is 100 Å². The Labute approximate surface area is 164 Å². The van der Waals surface area contributed by atoms with Gasteiger partial charge in [-0.3, -0.25) is 0 Å². The van der Waals surface area contributed by atoms with Gasteiger partial charge in [0.05, 0.1) is 22.9 Å². The number of aryl methyl sites for hydroxylation is 1. The number of hydrogen-bond acceptors (Lipinski definition) is 4. The molecule has 3 N–H and O–H groups in total. The van der Waals surface area contributed by atoms with Crippen molar-refractivity contribution >= 4 is 32.5 Å². The molecule has 1 aromatic heterocycles. The SMILES string of the molecule is CCOc1ccccc1NC(=O)NCCS(=O)(=O)c1c(C)[nH]c2ccccc12. The standard InChI is InChI=1S/C20H23N3O4S/c1-3-27-18-11-7-6-10-17(18)23-20(24)21-12-13-28(25,26)19-14(2)22-16-9-5-4-8-15(16)19/h4-11,22H,3,12-13H2,1-2H3,(H2,21,23,24). The molecule has 0 aliphatic rings. The van der Waals surface area contributed by atoms with E-state index in [1.165, 1.54) is 0 Å². The summed E-state index contributed by atoms with van der Waals surface area (Å²) in [6.07, 6.45) is 0. The van der Waals surface area contributed by atoms with Crippen molar-refractivity contribution < 1.29 is 17.9 Å². The second kappa shape index (κ2) is 8.35. The van der Waals surface area contributed by atoms with Crippen LogP contribution in [0.2, 0.25) is 0 Å². The predicted molar refractivity (Wildman–Crippen MR) is 110 cm³/mol. The summed E-state index contributed by atoms with van der Waals surface area (Å²) in [7, 11) is -3.56. The smallest absolute Gasteiger partial charge is 0.319 e. The van der Waals surface area contributed by atoms with Crippen LogP contribution >= 0.6 is 0 Å². The number of amides is 2. The molecular weight excluding hydrogens is 378 g/mol. The molecule has 0 aliphatic heterocycles. The number of carbonyl (C=O) groups excluding carboxylic acids is 1. The second-order valence-corrected chi connectivity index (χ2v) is 8.30. The van der Waals surface area contributed by atoms with Gasteiger partial charge >= 0.3 is 6.03 Å². The van der Waals surface area contributed by atoms with E-state index in [9.17, 15) is 13.2 Å². The average molecular weight is 401 g/mol. The number of H-pyrrole nitrogens is 1. The van der Waals surface area contributed by atoms with Crippen molar-refractivity contribution in [2.45, 2.75) is 18.7 Å². The summed E-state index contributed by atoms with van der Waals surface area (Å²) < 4.78 is 31.0. The summed E-state index contributed by atoms with van der Waals surface area (Å²) in [6, 6.07) is 13.8. The Bertz CT molecular complexity index is 1090. The number of benzene rings is 2. The van der Waals surface area contributed by atoms with Crippen LogP contribution in [0.25, 0.3) is 10.9 Å². The molecule has 3 rings (SSSR count). The number of carbonyl (C=O) groups is 1. The fourth-order valence-electron chi connectivity index (χ4n) is 3.07. The van der Waals surface area contributed by atoms with Gasteiger partial charge in [-0.25, -0.2) is 13.2 Å². The fraction of sp³-hybridized carbons (Fsp3) is 0.250. The van der Waals surface area contributed by atoms with Crippen molar-refractivity contribution in [2.24, 2.45) is 0 Å². The third-order valence-electron chi connectivity index (χ3n) is 4.24. The van der Waals surface area contributed by atoms with Crippen LogP contribution in [-0.2, 0) is 9.84 Å². The summed E-state index contributed by atoms with van der Waals surface area (Å²) in [5.74, 6) is 0.359. The number of hydrogen-bond donors (Lipinski definition) is 3. The Morgan fingerprint density at radius 3 is 2.61 bits per heavy atom. The van der Waals surface area contributed by atoms with E-state index < -0.39 is 15.9 Å². The molecule has 0 bridgehead atoms. The molecule has 148 valence electrons. The molecule has 3 aromatic rings.